The number of rotatable bonds is 4. The smallest absolute Gasteiger partial charge is 0.129 e. The van der Waals surface area contributed by atoms with Gasteiger partial charge in [-0.1, -0.05) is 29.8 Å². The highest BCUT2D eigenvalue weighted by atomic mass is 79.9. The highest BCUT2D eigenvalue weighted by Crippen LogP contribution is 2.32. The number of aromatic nitrogens is 1. The number of aryl methyl sites for hydroxylation is 1. The molecule has 0 saturated heterocycles. The van der Waals surface area contributed by atoms with Gasteiger partial charge in [-0.05, 0) is 52.5 Å². The Kier molecular flexibility index (Phi) is 4.62. The average molecular weight is 372 g/mol. The van der Waals surface area contributed by atoms with Crippen molar-refractivity contribution >= 4 is 48.6 Å². The van der Waals surface area contributed by atoms with Crippen LogP contribution in [0.4, 0.5) is 5.82 Å². The minimum absolute atomic E-state index is 0.955. The number of hydrogen-bond donors (Lipinski definition) is 1. The molecule has 1 aromatic carbocycles. The van der Waals surface area contributed by atoms with Crippen LogP contribution in [0.2, 0.25) is 0 Å². The largest absolute Gasteiger partial charge is 0.370 e. The Labute approximate surface area is 124 Å². The third-order valence-corrected chi connectivity index (χ3v) is 4.22. The van der Waals surface area contributed by atoms with E-state index in [4.69, 9.17) is 4.98 Å². The van der Waals surface area contributed by atoms with Crippen molar-refractivity contribution in [3.8, 4) is 0 Å². The van der Waals surface area contributed by atoms with Gasteiger partial charge in [-0.25, -0.2) is 4.98 Å². The normalized spacial score (nSPS) is 10.9. The zero-order chi connectivity index (χ0) is 13.1. The van der Waals surface area contributed by atoms with Gasteiger partial charge in [0.15, 0.2) is 0 Å². The SMILES string of the molecule is CCCNc1nc2c(Br)ccc(Br)c2cc1CC. The molecule has 2 rings (SSSR count). The highest BCUT2D eigenvalue weighted by Gasteiger charge is 2.09. The summed E-state index contributed by atoms with van der Waals surface area (Å²) in [6.07, 6.45) is 2.08. The molecule has 2 aromatic rings. The molecule has 4 heteroatoms. The second kappa shape index (κ2) is 6.02. The molecule has 1 N–H and O–H groups in total. The van der Waals surface area contributed by atoms with Gasteiger partial charge >= 0.3 is 0 Å². The van der Waals surface area contributed by atoms with Crippen LogP contribution in [0.3, 0.4) is 0 Å². The highest BCUT2D eigenvalue weighted by molar-refractivity contribution is 9.11. The molecule has 2 nitrogen and oxygen atoms in total. The van der Waals surface area contributed by atoms with Crippen molar-refractivity contribution in [2.24, 2.45) is 0 Å². The van der Waals surface area contributed by atoms with E-state index in [0.29, 0.717) is 0 Å². The molecule has 0 fully saturated rings. The molecular weight excluding hydrogens is 356 g/mol. The van der Waals surface area contributed by atoms with Crippen LogP contribution in [0.5, 0.6) is 0 Å². The minimum atomic E-state index is 0.955. The summed E-state index contributed by atoms with van der Waals surface area (Å²) in [6, 6.07) is 6.29. The lowest BCUT2D eigenvalue weighted by Crippen LogP contribution is -2.05. The third kappa shape index (κ3) is 2.69. The van der Waals surface area contributed by atoms with Gasteiger partial charge in [-0.15, -0.1) is 0 Å². The lowest BCUT2D eigenvalue weighted by Gasteiger charge is -2.12. The van der Waals surface area contributed by atoms with Gasteiger partial charge in [-0.3, -0.25) is 0 Å². The summed E-state index contributed by atoms with van der Waals surface area (Å²) in [7, 11) is 0. The molecule has 96 valence electrons. The maximum absolute atomic E-state index is 4.76. The van der Waals surface area contributed by atoms with E-state index in [1.54, 1.807) is 0 Å². The van der Waals surface area contributed by atoms with Gasteiger partial charge in [0.05, 0.1) is 5.52 Å². The Hall–Kier alpha value is -0.610. The summed E-state index contributed by atoms with van der Waals surface area (Å²) in [6.45, 7) is 5.27. The van der Waals surface area contributed by atoms with Crippen LogP contribution < -0.4 is 5.32 Å². The number of benzene rings is 1. The Morgan fingerprint density at radius 1 is 1.17 bits per heavy atom. The van der Waals surface area contributed by atoms with Crippen molar-refractivity contribution in [2.75, 3.05) is 11.9 Å². The first kappa shape index (κ1) is 13.8. The zero-order valence-corrected chi connectivity index (χ0v) is 13.7. The topological polar surface area (TPSA) is 24.9 Å². The summed E-state index contributed by atoms with van der Waals surface area (Å²) in [5.74, 6) is 1.01. The van der Waals surface area contributed by atoms with Crippen molar-refractivity contribution < 1.29 is 0 Å². The fraction of sp³-hybridized carbons (Fsp3) is 0.357. The van der Waals surface area contributed by atoms with Crippen LogP contribution >= 0.6 is 31.9 Å². The maximum Gasteiger partial charge on any atom is 0.129 e. The van der Waals surface area contributed by atoms with Gasteiger partial charge in [0.25, 0.3) is 0 Å². The summed E-state index contributed by atoms with van der Waals surface area (Å²) in [5, 5.41) is 4.56. The molecule has 0 saturated carbocycles. The lowest BCUT2D eigenvalue weighted by molar-refractivity contribution is 0.961. The van der Waals surface area contributed by atoms with Crippen molar-refractivity contribution in [3.63, 3.8) is 0 Å². The number of anilines is 1. The Morgan fingerprint density at radius 3 is 2.56 bits per heavy atom. The van der Waals surface area contributed by atoms with Crippen LogP contribution in [-0.4, -0.2) is 11.5 Å². The first-order valence-corrected chi connectivity index (χ1v) is 7.77. The van der Waals surface area contributed by atoms with E-state index < -0.39 is 0 Å². The van der Waals surface area contributed by atoms with E-state index >= 15 is 0 Å². The van der Waals surface area contributed by atoms with Crippen LogP contribution in [0.1, 0.15) is 25.8 Å². The summed E-state index contributed by atoms with van der Waals surface area (Å²) in [4.78, 5) is 4.76. The Morgan fingerprint density at radius 2 is 1.89 bits per heavy atom. The number of hydrogen-bond acceptors (Lipinski definition) is 2. The zero-order valence-electron chi connectivity index (χ0n) is 10.6. The van der Waals surface area contributed by atoms with Crippen molar-refractivity contribution in [1.82, 2.24) is 4.98 Å². The standard InChI is InChI=1S/C14H16Br2N2/c1-3-7-17-14-9(4-2)8-10-11(15)5-6-12(16)13(10)18-14/h5-6,8H,3-4,7H2,1-2H3,(H,17,18). The van der Waals surface area contributed by atoms with E-state index in [1.165, 1.54) is 5.56 Å². The van der Waals surface area contributed by atoms with Gasteiger partial charge in [0, 0.05) is 20.9 Å². The van der Waals surface area contributed by atoms with Gasteiger partial charge in [-0.2, -0.15) is 0 Å². The summed E-state index contributed by atoms with van der Waals surface area (Å²) >= 11 is 7.16. The van der Waals surface area contributed by atoms with Crippen LogP contribution in [-0.2, 0) is 6.42 Å². The molecule has 0 atom stereocenters. The molecule has 0 spiro atoms. The van der Waals surface area contributed by atoms with Gasteiger partial charge < -0.3 is 5.32 Å². The van der Waals surface area contributed by atoms with Gasteiger partial charge in [0.1, 0.15) is 5.82 Å². The molecule has 0 aliphatic rings. The first-order valence-electron chi connectivity index (χ1n) is 6.18. The van der Waals surface area contributed by atoms with Crippen molar-refractivity contribution in [3.05, 3.63) is 32.7 Å². The first-order chi connectivity index (χ1) is 8.67. The van der Waals surface area contributed by atoms with Crippen LogP contribution in [0, 0.1) is 0 Å². The number of nitrogens with one attached hydrogen (secondary N) is 1. The number of nitrogens with zero attached hydrogens (tertiary/aromatic N) is 1. The average Bonchev–Trinajstić information content (AvgIpc) is 2.40. The van der Waals surface area contributed by atoms with E-state index in [9.17, 15) is 0 Å². The molecule has 0 amide bonds. The Bertz CT molecular complexity index is 567. The monoisotopic (exact) mass is 370 g/mol. The quantitative estimate of drug-likeness (QED) is 0.804. The van der Waals surface area contributed by atoms with Gasteiger partial charge in [0.2, 0.25) is 0 Å². The summed E-state index contributed by atoms with van der Waals surface area (Å²) in [5.41, 5.74) is 2.26. The van der Waals surface area contributed by atoms with E-state index in [0.717, 1.165) is 45.1 Å². The van der Waals surface area contributed by atoms with E-state index in [-0.39, 0.29) is 0 Å². The number of halogens is 2. The molecule has 18 heavy (non-hydrogen) atoms. The van der Waals surface area contributed by atoms with Crippen molar-refractivity contribution in [2.45, 2.75) is 26.7 Å². The predicted octanol–water partition coefficient (Wildman–Crippen LogP) is 5.14. The second-order valence-corrected chi connectivity index (χ2v) is 5.91. The molecule has 1 aromatic heterocycles. The van der Waals surface area contributed by atoms with E-state index in [1.807, 2.05) is 12.1 Å². The molecule has 0 radical (unpaired) electrons. The lowest BCUT2D eigenvalue weighted by atomic mass is 10.1. The fourth-order valence-corrected chi connectivity index (χ4v) is 2.77. The molecule has 0 aliphatic carbocycles. The van der Waals surface area contributed by atoms with Crippen LogP contribution in [0.15, 0.2) is 27.1 Å². The van der Waals surface area contributed by atoms with E-state index in [2.05, 4.69) is 57.1 Å². The second-order valence-electron chi connectivity index (χ2n) is 4.20. The number of fused-ring (bicyclic) bond motifs is 1. The molecule has 0 aliphatic heterocycles. The minimum Gasteiger partial charge on any atom is -0.370 e. The molecule has 1 heterocycles. The molecule has 0 bridgehead atoms. The number of pyridine rings is 1. The third-order valence-electron chi connectivity index (χ3n) is 2.88. The Balaban J connectivity index is 2.61. The summed E-state index contributed by atoms with van der Waals surface area (Å²) < 4.78 is 2.12. The fourth-order valence-electron chi connectivity index (χ4n) is 1.90. The molecular formula is C14H16Br2N2. The van der Waals surface area contributed by atoms with Crippen LogP contribution in [0.25, 0.3) is 10.9 Å². The maximum atomic E-state index is 4.76. The molecule has 0 unspecified atom stereocenters. The predicted molar refractivity (Wildman–Crippen MR) is 85.3 cm³/mol. The van der Waals surface area contributed by atoms with Crippen molar-refractivity contribution in [1.29, 1.82) is 0 Å².